The third-order valence-electron chi connectivity index (χ3n) is 6.84. The van der Waals surface area contributed by atoms with Crippen LogP contribution < -0.4 is 14.8 Å². The zero-order valence-electron chi connectivity index (χ0n) is 17.7. The maximum absolute atomic E-state index is 6.36. The number of ether oxygens (including phenoxy) is 3. The molecule has 5 rings (SSSR count). The molecule has 160 valence electrons. The van der Waals surface area contributed by atoms with Crippen molar-refractivity contribution in [2.45, 2.75) is 63.2 Å². The summed E-state index contributed by atoms with van der Waals surface area (Å²) in [5.74, 6) is 2.71. The van der Waals surface area contributed by atoms with E-state index in [-0.39, 0.29) is 6.10 Å². The highest BCUT2D eigenvalue weighted by molar-refractivity contribution is 5.42. The highest BCUT2D eigenvalue weighted by atomic mass is 16.5. The molecule has 1 saturated carbocycles. The Morgan fingerprint density at radius 3 is 2.60 bits per heavy atom. The standard InChI is InChI=1S/C26H33NO3/c1-2-4-20(5-3-1)25-12-6-21-16-24(11-13-26(21)30-25)29-23-9-7-22(8-10-23)27-17-19-14-15-28-18-19/h1-5,11,13,16,19,22-23,25,27H,6-10,12,14-15,17-18H2. The second-order valence-electron chi connectivity index (χ2n) is 9.05. The van der Waals surface area contributed by atoms with Crippen molar-refractivity contribution in [2.24, 2.45) is 5.92 Å². The van der Waals surface area contributed by atoms with Gasteiger partial charge in [-0.15, -0.1) is 0 Å². The Morgan fingerprint density at radius 1 is 0.933 bits per heavy atom. The minimum Gasteiger partial charge on any atom is -0.490 e. The summed E-state index contributed by atoms with van der Waals surface area (Å²) in [6.07, 6.45) is 8.40. The van der Waals surface area contributed by atoms with Crippen molar-refractivity contribution >= 4 is 0 Å². The number of nitrogens with one attached hydrogen (secondary N) is 1. The molecular formula is C26H33NO3. The highest BCUT2D eigenvalue weighted by Crippen LogP contribution is 2.37. The van der Waals surface area contributed by atoms with E-state index in [1.54, 1.807) is 0 Å². The number of hydrogen-bond donors (Lipinski definition) is 1. The maximum Gasteiger partial charge on any atom is 0.124 e. The summed E-state index contributed by atoms with van der Waals surface area (Å²) in [5, 5.41) is 3.75. The molecule has 1 aliphatic carbocycles. The van der Waals surface area contributed by atoms with Crippen molar-refractivity contribution in [1.29, 1.82) is 0 Å². The van der Waals surface area contributed by atoms with E-state index in [4.69, 9.17) is 14.2 Å². The SMILES string of the molecule is c1ccc(C2CCc3cc(OC4CCC(NCC5CCOC5)CC4)ccc3O2)cc1. The molecule has 0 spiro atoms. The lowest BCUT2D eigenvalue weighted by Crippen LogP contribution is -2.38. The largest absolute Gasteiger partial charge is 0.490 e. The predicted octanol–water partition coefficient (Wildman–Crippen LogP) is 5.07. The first-order chi connectivity index (χ1) is 14.8. The summed E-state index contributed by atoms with van der Waals surface area (Å²) in [7, 11) is 0. The molecular weight excluding hydrogens is 374 g/mol. The van der Waals surface area contributed by atoms with E-state index in [9.17, 15) is 0 Å². The van der Waals surface area contributed by atoms with Gasteiger partial charge in [0.1, 0.15) is 17.6 Å². The van der Waals surface area contributed by atoms with Crippen molar-refractivity contribution in [2.75, 3.05) is 19.8 Å². The van der Waals surface area contributed by atoms with Crippen molar-refractivity contribution in [3.8, 4) is 11.5 Å². The van der Waals surface area contributed by atoms with Crippen molar-refractivity contribution in [3.05, 3.63) is 59.7 Å². The Morgan fingerprint density at radius 2 is 1.80 bits per heavy atom. The Hall–Kier alpha value is -2.04. The van der Waals surface area contributed by atoms with Crippen LogP contribution in [0.4, 0.5) is 0 Å². The zero-order chi connectivity index (χ0) is 20.2. The average molecular weight is 408 g/mol. The molecule has 0 aromatic heterocycles. The van der Waals surface area contributed by atoms with Gasteiger partial charge in [-0.2, -0.15) is 0 Å². The fourth-order valence-electron chi connectivity index (χ4n) is 5.00. The van der Waals surface area contributed by atoms with Gasteiger partial charge in [0.05, 0.1) is 12.7 Å². The average Bonchev–Trinajstić information content (AvgIpc) is 3.33. The van der Waals surface area contributed by atoms with Crippen LogP contribution in [0.1, 0.15) is 55.8 Å². The number of benzene rings is 2. The van der Waals surface area contributed by atoms with Crippen LogP contribution >= 0.6 is 0 Å². The molecule has 2 aromatic carbocycles. The van der Waals surface area contributed by atoms with Crippen LogP contribution in [0.2, 0.25) is 0 Å². The van der Waals surface area contributed by atoms with Crippen LogP contribution in [0.15, 0.2) is 48.5 Å². The lowest BCUT2D eigenvalue weighted by Gasteiger charge is -2.31. The lowest BCUT2D eigenvalue weighted by atomic mass is 9.92. The first-order valence-electron chi connectivity index (χ1n) is 11.7. The van der Waals surface area contributed by atoms with Crippen LogP contribution in [0.3, 0.4) is 0 Å². The molecule has 2 aromatic rings. The molecule has 3 aliphatic rings. The second-order valence-corrected chi connectivity index (χ2v) is 9.05. The molecule has 2 aliphatic heterocycles. The first-order valence-corrected chi connectivity index (χ1v) is 11.7. The fourth-order valence-corrected chi connectivity index (χ4v) is 5.00. The number of fused-ring (bicyclic) bond motifs is 1. The second kappa shape index (κ2) is 9.40. The molecule has 2 fully saturated rings. The smallest absolute Gasteiger partial charge is 0.124 e. The Kier molecular flexibility index (Phi) is 6.24. The summed E-state index contributed by atoms with van der Waals surface area (Å²) in [6.45, 7) is 2.97. The summed E-state index contributed by atoms with van der Waals surface area (Å²) in [4.78, 5) is 0. The maximum atomic E-state index is 6.36. The predicted molar refractivity (Wildman–Crippen MR) is 118 cm³/mol. The van der Waals surface area contributed by atoms with E-state index in [0.29, 0.717) is 18.1 Å². The number of aryl methyl sites for hydroxylation is 1. The van der Waals surface area contributed by atoms with Crippen LogP contribution in [-0.2, 0) is 11.2 Å². The van der Waals surface area contributed by atoms with Gasteiger partial charge in [0.2, 0.25) is 0 Å². The van der Waals surface area contributed by atoms with Gasteiger partial charge in [-0.25, -0.2) is 0 Å². The molecule has 0 radical (unpaired) electrons. The van der Waals surface area contributed by atoms with Crippen molar-refractivity contribution in [3.63, 3.8) is 0 Å². The molecule has 2 heterocycles. The minimum absolute atomic E-state index is 0.157. The van der Waals surface area contributed by atoms with Crippen molar-refractivity contribution in [1.82, 2.24) is 5.32 Å². The topological polar surface area (TPSA) is 39.7 Å². The molecule has 1 N–H and O–H groups in total. The van der Waals surface area contributed by atoms with E-state index in [1.807, 2.05) is 0 Å². The Balaban J connectivity index is 1.11. The van der Waals surface area contributed by atoms with Gasteiger partial charge in [0.15, 0.2) is 0 Å². The van der Waals surface area contributed by atoms with Gasteiger partial charge in [-0.3, -0.25) is 0 Å². The normalized spacial score (nSPS) is 28.5. The van der Waals surface area contributed by atoms with Crippen LogP contribution in [0.25, 0.3) is 0 Å². The fraction of sp³-hybridized carbons (Fsp3) is 0.538. The zero-order valence-corrected chi connectivity index (χ0v) is 17.7. The summed E-state index contributed by atoms with van der Waals surface area (Å²) in [5.41, 5.74) is 2.53. The van der Waals surface area contributed by atoms with Crippen LogP contribution in [-0.4, -0.2) is 31.9 Å². The molecule has 1 saturated heterocycles. The summed E-state index contributed by atoms with van der Waals surface area (Å²) in [6, 6.07) is 17.5. The van der Waals surface area contributed by atoms with Crippen LogP contribution in [0, 0.1) is 5.92 Å². The van der Waals surface area contributed by atoms with Gasteiger partial charge in [-0.1, -0.05) is 30.3 Å². The lowest BCUT2D eigenvalue weighted by molar-refractivity contribution is 0.136. The van der Waals surface area contributed by atoms with Gasteiger partial charge in [-0.05, 0) is 80.2 Å². The molecule has 4 heteroatoms. The molecule has 0 amide bonds. The van der Waals surface area contributed by atoms with E-state index in [2.05, 4.69) is 53.8 Å². The molecule has 2 atom stereocenters. The summed E-state index contributed by atoms with van der Waals surface area (Å²) < 4.78 is 18.1. The number of rotatable bonds is 6. The number of hydrogen-bond acceptors (Lipinski definition) is 4. The highest BCUT2D eigenvalue weighted by Gasteiger charge is 2.25. The van der Waals surface area contributed by atoms with Crippen LogP contribution in [0.5, 0.6) is 11.5 Å². The van der Waals surface area contributed by atoms with Gasteiger partial charge in [0.25, 0.3) is 0 Å². The molecule has 0 bridgehead atoms. The minimum atomic E-state index is 0.157. The molecule has 2 unspecified atom stereocenters. The van der Waals surface area contributed by atoms with E-state index >= 15 is 0 Å². The third-order valence-corrected chi connectivity index (χ3v) is 6.84. The van der Waals surface area contributed by atoms with E-state index in [1.165, 1.54) is 30.4 Å². The van der Waals surface area contributed by atoms with Gasteiger partial charge in [0, 0.05) is 19.2 Å². The quantitative estimate of drug-likeness (QED) is 0.726. The van der Waals surface area contributed by atoms with Gasteiger partial charge >= 0.3 is 0 Å². The molecule has 30 heavy (non-hydrogen) atoms. The van der Waals surface area contributed by atoms with E-state index < -0.39 is 0 Å². The third kappa shape index (κ3) is 4.81. The monoisotopic (exact) mass is 407 g/mol. The Labute approximate surface area is 179 Å². The first kappa shape index (κ1) is 19.9. The van der Waals surface area contributed by atoms with E-state index in [0.717, 1.165) is 56.9 Å². The summed E-state index contributed by atoms with van der Waals surface area (Å²) >= 11 is 0. The van der Waals surface area contributed by atoms with Crippen molar-refractivity contribution < 1.29 is 14.2 Å². The Bertz CT molecular complexity index is 810. The molecule has 4 nitrogen and oxygen atoms in total. The van der Waals surface area contributed by atoms with Gasteiger partial charge < -0.3 is 19.5 Å².